The minimum Gasteiger partial charge on any atom is -0.329 e. The van der Waals surface area contributed by atoms with Gasteiger partial charge in [0.25, 0.3) is 0 Å². The van der Waals surface area contributed by atoms with Crippen LogP contribution < -0.4 is 5.73 Å². The first-order valence-corrected chi connectivity index (χ1v) is 7.59. The maximum atomic E-state index is 6.15. The van der Waals surface area contributed by atoms with Crippen molar-refractivity contribution in [2.45, 2.75) is 51.6 Å². The predicted molar refractivity (Wildman–Crippen MR) is 79.7 cm³/mol. The van der Waals surface area contributed by atoms with Gasteiger partial charge in [0, 0.05) is 24.8 Å². The summed E-state index contributed by atoms with van der Waals surface area (Å²) >= 11 is 0. The summed E-state index contributed by atoms with van der Waals surface area (Å²) < 4.78 is 0. The van der Waals surface area contributed by atoms with Crippen LogP contribution >= 0.6 is 0 Å². The normalized spacial score (nSPS) is 27.1. The van der Waals surface area contributed by atoms with Crippen molar-refractivity contribution in [3.8, 4) is 0 Å². The summed E-state index contributed by atoms with van der Waals surface area (Å²) in [4.78, 5) is 7.01. The van der Waals surface area contributed by atoms with E-state index < -0.39 is 0 Å². The van der Waals surface area contributed by atoms with Gasteiger partial charge in [-0.3, -0.25) is 9.88 Å². The zero-order valence-corrected chi connectivity index (χ0v) is 12.3. The fourth-order valence-electron chi connectivity index (χ4n) is 3.47. The second-order valence-electron chi connectivity index (χ2n) is 5.78. The summed E-state index contributed by atoms with van der Waals surface area (Å²) in [6.45, 7) is 7.27. The Morgan fingerprint density at radius 1 is 1.42 bits per heavy atom. The first-order chi connectivity index (χ1) is 9.24. The van der Waals surface area contributed by atoms with Gasteiger partial charge in [-0.15, -0.1) is 0 Å². The molecule has 19 heavy (non-hydrogen) atoms. The molecule has 106 valence electrons. The third-order valence-corrected chi connectivity index (χ3v) is 4.78. The van der Waals surface area contributed by atoms with Crippen LogP contribution in [0.3, 0.4) is 0 Å². The average Bonchev–Trinajstić information content (AvgIpc) is 2.90. The van der Waals surface area contributed by atoms with Crippen molar-refractivity contribution in [3.05, 3.63) is 30.1 Å². The summed E-state index contributed by atoms with van der Waals surface area (Å²) in [5.74, 6) is 0.848. The minimum atomic E-state index is 0.201. The molecule has 0 amide bonds. The molecule has 1 fully saturated rings. The average molecular weight is 261 g/mol. The van der Waals surface area contributed by atoms with Gasteiger partial charge < -0.3 is 5.73 Å². The first-order valence-electron chi connectivity index (χ1n) is 7.59. The molecule has 1 aliphatic carbocycles. The molecule has 0 spiro atoms. The summed E-state index contributed by atoms with van der Waals surface area (Å²) in [7, 11) is 0. The Bertz CT molecular complexity index is 379. The highest BCUT2D eigenvalue weighted by atomic mass is 15.2. The molecule has 0 radical (unpaired) electrons. The summed E-state index contributed by atoms with van der Waals surface area (Å²) in [6.07, 6.45) is 6.97. The number of aromatic nitrogens is 1. The van der Waals surface area contributed by atoms with Gasteiger partial charge in [0.15, 0.2) is 0 Å². The van der Waals surface area contributed by atoms with Crippen LogP contribution in [0.15, 0.2) is 24.4 Å². The third-order valence-electron chi connectivity index (χ3n) is 4.78. The maximum Gasteiger partial charge on any atom is 0.0544 e. The van der Waals surface area contributed by atoms with E-state index in [0.717, 1.165) is 31.2 Å². The van der Waals surface area contributed by atoms with Crippen LogP contribution in [-0.2, 0) is 6.54 Å². The van der Waals surface area contributed by atoms with Gasteiger partial charge in [-0.05, 0) is 43.9 Å². The maximum absolute atomic E-state index is 6.15. The zero-order chi connectivity index (χ0) is 13.7. The molecule has 0 bridgehead atoms. The van der Waals surface area contributed by atoms with Crippen LogP contribution in [-0.4, -0.2) is 28.5 Å². The van der Waals surface area contributed by atoms with E-state index in [4.69, 9.17) is 5.73 Å². The molecule has 2 rings (SSSR count). The van der Waals surface area contributed by atoms with E-state index in [0.29, 0.717) is 0 Å². The van der Waals surface area contributed by atoms with E-state index in [1.54, 1.807) is 0 Å². The summed E-state index contributed by atoms with van der Waals surface area (Å²) in [5.41, 5.74) is 7.51. The molecule has 1 aliphatic rings. The smallest absolute Gasteiger partial charge is 0.0544 e. The van der Waals surface area contributed by atoms with E-state index in [1.165, 1.54) is 25.7 Å². The van der Waals surface area contributed by atoms with Crippen molar-refractivity contribution >= 4 is 0 Å². The quantitative estimate of drug-likeness (QED) is 0.856. The van der Waals surface area contributed by atoms with Crippen molar-refractivity contribution in [3.63, 3.8) is 0 Å². The number of pyridine rings is 1. The molecule has 2 atom stereocenters. The molecule has 2 unspecified atom stereocenters. The molecule has 0 saturated heterocycles. The molecule has 3 nitrogen and oxygen atoms in total. The third kappa shape index (κ3) is 3.15. The highest BCUT2D eigenvalue weighted by Crippen LogP contribution is 2.40. The first kappa shape index (κ1) is 14.5. The van der Waals surface area contributed by atoms with Gasteiger partial charge >= 0.3 is 0 Å². The topological polar surface area (TPSA) is 42.1 Å². The van der Waals surface area contributed by atoms with Gasteiger partial charge in [0.2, 0.25) is 0 Å². The monoisotopic (exact) mass is 261 g/mol. The number of hydrogen-bond donors (Lipinski definition) is 1. The predicted octanol–water partition coefficient (Wildman–Crippen LogP) is 2.81. The Morgan fingerprint density at radius 2 is 2.26 bits per heavy atom. The Labute approximate surface area is 117 Å². The van der Waals surface area contributed by atoms with Gasteiger partial charge in [-0.2, -0.15) is 0 Å². The van der Waals surface area contributed by atoms with E-state index in [9.17, 15) is 0 Å². The van der Waals surface area contributed by atoms with Crippen LogP contribution in [0.4, 0.5) is 0 Å². The number of rotatable bonds is 6. The Morgan fingerprint density at radius 3 is 2.79 bits per heavy atom. The van der Waals surface area contributed by atoms with E-state index in [2.05, 4.69) is 35.9 Å². The molecule has 2 N–H and O–H groups in total. The summed E-state index contributed by atoms with van der Waals surface area (Å²) in [6, 6.07) is 6.15. The standard InChI is InChI=1S/C16H27N3/c1-3-14-8-9-16(11-14,13-17)19(4-2)12-15-7-5-6-10-18-15/h5-7,10,14H,3-4,8-9,11-13,17H2,1-2H3. The van der Waals surface area contributed by atoms with Crippen molar-refractivity contribution in [2.75, 3.05) is 13.1 Å². The second kappa shape index (κ2) is 6.49. The molecule has 0 aromatic carbocycles. The van der Waals surface area contributed by atoms with Crippen LogP contribution in [0.5, 0.6) is 0 Å². The fourth-order valence-corrected chi connectivity index (χ4v) is 3.47. The second-order valence-corrected chi connectivity index (χ2v) is 5.78. The number of likely N-dealkylation sites (N-methyl/N-ethyl adjacent to an activating group) is 1. The summed E-state index contributed by atoms with van der Waals surface area (Å²) in [5, 5.41) is 0. The lowest BCUT2D eigenvalue weighted by atomic mass is 9.92. The van der Waals surface area contributed by atoms with Gasteiger partial charge in [0.05, 0.1) is 5.69 Å². The van der Waals surface area contributed by atoms with Gasteiger partial charge in [-0.1, -0.05) is 26.3 Å². The molecule has 1 aromatic heterocycles. The van der Waals surface area contributed by atoms with Crippen molar-refractivity contribution < 1.29 is 0 Å². The molecular formula is C16H27N3. The molecule has 1 heterocycles. The molecular weight excluding hydrogens is 234 g/mol. The molecule has 0 aliphatic heterocycles. The molecule has 3 heteroatoms. The highest BCUT2D eigenvalue weighted by Gasteiger charge is 2.41. The van der Waals surface area contributed by atoms with Crippen molar-refractivity contribution in [1.29, 1.82) is 0 Å². The Balaban J connectivity index is 2.11. The number of hydrogen-bond acceptors (Lipinski definition) is 3. The van der Waals surface area contributed by atoms with E-state index in [-0.39, 0.29) is 5.54 Å². The van der Waals surface area contributed by atoms with Crippen molar-refractivity contribution in [2.24, 2.45) is 11.7 Å². The van der Waals surface area contributed by atoms with Crippen molar-refractivity contribution in [1.82, 2.24) is 9.88 Å². The SMILES string of the molecule is CCC1CCC(CN)(N(CC)Cc2ccccn2)C1. The molecule has 1 saturated carbocycles. The van der Waals surface area contributed by atoms with Crippen LogP contribution in [0, 0.1) is 5.92 Å². The van der Waals surface area contributed by atoms with Crippen LogP contribution in [0.2, 0.25) is 0 Å². The highest BCUT2D eigenvalue weighted by molar-refractivity contribution is 5.06. The largest absolute Gasteiger partial charge is 0.329 e. The van der Waals surface area contributed by atoms with E-state index >= 15 is 0 Å². The number of nitrogens with two attached hydrogens (primary N) is 1. The minimum absolute atomic E-state index is 0.201. The fraction of sp³-hybridized carbons (Fsp3) is 0.688. The van der Waals surface area contributed by atoms with Crippen LogP contribution in [0.1, 0.15) is 45.2 Å². The number of nitrogens with zero attached hydrogens (tertiary/aromatic N) is 2. The van der Waals surface area contributed by atoms with E-state index in [1.807, 2.05) is 12.3 Å². The zero-order valence-electron chi connectivity index (χ0n) is 12.3. The lowest BCUT2D eigenvalue weighted by molar-refractivity contribution is 0.0913. The molecule has 1 aromatic rings. The van der Waals surface area contributed by atoms with Gasteiger partial charge in [0.1, 0.15) is 0 Å². The lowest BCUT2D eigenvalue weighted by Gasteiger charge is -2.40. The van der Waals surface area contributed by atoms with Gasteiger partial charge in [-0.25, -0.2) is 0 Å². The Kier molecular flexibility index (Phi) is 4.94. The lowest BCUT2D eigenvalue weighted by Crippen LogP contribution is -2.51. The Hall–Kier alpha value is -0.930. The van der Waals surface area contributed by atoms with Crippen LogP contribution in [0.25, 0.3) is 0 Å².